The first-order valence-corrected chi connectivity index (χ1v) is 9.34. The monoisotopic (exact) mass is 343 g/mol. The van der Waals surface area contributed by atoms with Gasteiger partial charge in [0, 0.05) is 10.6 Å². The van der Waals surface area contributed by atoms with E-state index < -0.39 is 0 Å². The molecule has 0 radical (unpaired) electrons. The molecule has 0 aliphatic carbocycles. The molecule has 3 nitrogen and oxygen atoms in total. The van der Waals surface area contributed by atoms with Gasteiger partial charge in [-0.1, -0.05) is 39.0 Å². The topological polar surface area (TPSA) is 38.3 Å². The Kier molecular flexibility index (Phi) is 6.32. The first kappa shape index (κ1) is 18.4. The number of carbonyl (C=O) groups excluding carboxylic acids is 1. The quantitative estimate of drug-likeness (QED) is 0.710. The van der Waals surface area contributed by atoms with E-state index in [1.807, 2.05) is 42.7 Å². The summed E-state index contributed by atoms with van der Waals surface area (Å²) in [6.45, 7) is 6.62. The highest BCUT2D eigenvalue weighted by molar-refractivity contribution is 7.98. The molecule has 0 aliphatic rings. The molecule has 0 fully saturated rings. The molecule has 0 saturated carbocycles. The van der Waals surface area contributed by atoms with Gasteiger partial charge in [0.05, 0.1) is 0 Å². The Balaban J connectivity index is 1.89. The second kappa shape index (κ2) is 8.25. The molecule has 24 heavy (non-hydrogen) atoms. The number of carbonyl (C=O) groups is 1. The van der Waals surface area contributed by atoms with Crippen LogP contribution in [0.1, 0.15) is 32.8 Å². The van der Waals surface area contributed by atoms with E-state index in [0.29, 0.717) is 5.75 Å². The van der Waals surface area contributed by atoms with Crippen LogP contribution in [0.25, 0.3) is 0 Å². The minimum Gasteiger partial charge on any atom is -0.484 e. The van der Waals surface area contributed by atoms with Gasteiger partial charge in [-0.3, -0.25) is 4.79 Å². The number of hydrogen-bond donors (Lipinski definition) is 1. The van der Waals surface area contributed by atoms with Gasteiger partial charge in [-0.05, 0) is 54.0 Å². The molecular formula is C20H25NO2S. The number of rotatable bonds is 7. The normalized spacial score (nSPS) is 11.2. The third-order valence-electron chi connectivity index (χ3n) is 4.24. The summed E-state index contributed by atoms with van der Waals surface area (Å²) in [4.78, 5) is 13.1. The summed E-state index contributed by atoms with van der Waals surface area (Å²) in [6, 6.07) is 15.7. The van der Waals surface area contributed by atoms with Crippen molar-refractivity contribution in [1.82, 2.24) is 0 Å². The molecule has 0 aromatic heterocycles. The van der Waals surface area contributed by atoms with Gasteiger partial charge in [-0.2, -0.15) is 0 Å². The molecule has 0 spiro atoms. The first-order valence-electron chi connectivity index (χ1n) is 8.12. The van der Waals surface area contributed by atoms with Gasteiger partial charge in [0.2, 0.25) is 0 Å². The third-order valence-corrected chi connectivity index (χ3v) is 4.97. The Morgan fingerprint density at radius 1 is 1.17 bits per heavy atom. The van der Waals surface area contributed by atoms with Crippen molar-refractivity contribution in [2.75, 3.05) is 18.2 Å². The van der Waals surface area contributed by atoms with E-state index in [9.17, 15) is 4.79 Å². The molecule has 1 N–H and O–H groups in total. The molecule has 2 aromatic carbocycles. The van der Waals surface area contributed by atoms with Crippen LogP contribution in [-0.2, 0) is 10.2 Å². The summed E-state index contributed by atoms with van der Waals surface area (Å²) >= 11 is 1.64. The fraction of sp³-hybridized carbons (Fsp3) is 0.350. The molecule has 0 aliphatic heterocycles. The molecule has 4 heteroatoms. The highest BCUT2D eigenvalue weighted by Crippen LogP contribution is 2.28. The number of ether oxygens (including phenoxy) is 1. The minimum atomic E-state index is -0.161. The van der Waals surface area contributed by atoms with Crippen molar-refractivity contribution >= 4 is 23.4 Å². The van der Waals surface area contributed by atoms with Gasteiger partial charge in [-0.25, -0.2) is 0 Å². The summed E-state index contributed by atoms with van der Waals surface area (Å²) in [5.74, 6) is 0.546. The van der Waals surface area contributed by atoms with Gasteiger partial charge < -0.3 is 10.1 Å². The van der Waals surface area contributed by atoms with Crippen LogP contribution in [0.3, 0.4) is 0 Å². The molecule has 2 rings (SSSR count). The predicted molar refractivity (Wildman–Crippen MR) is 102 cm³/mol. The van der Waals surface area contributed by atoms with Gasteiger partial charge in [0.15, 0.2) is 6.61 Å². The lowest BCUT2D eigenvalue weighted by molar-refractivity contribution is -0.118. The largest absolute Gasteiger partial charge is 0.484 e. The van der Waals surface area contributed by atoms with E-state index in [-0.39, 0.29) is 17.9 Å². The predicted octanol–water partition coefficient (Wildman–Crippen LogP) is 5.11. The molecule has 0 atom stereocenters. The number of benzene rings is 2. The SMILES string of the molecule is CCC(C)(C)c1ccc(OCC(=O)Nc2cccc(SC)c2)cc1. The van der Waals surface area contributed by atoms with Crippen LogP contribution in [0.2, 0.25) is 0 Å². The van der Waals surface area contributed by atoms with E-state index in [1.54, 1.807) is 11.8 Å². The number of thioether (sulfide) groups is 1. The van der Waals surface area contributed by atoms with Crippen LogP contribution in [-0.4, -0.2) is 18.8 Å². The standard InChI is InChI=1S/C20H25NO2S/c1-5-20(2,3)15-9-11-17(12-10-15)23-14-19(22)21-16-7-6-8-18(13-16)24-4/h6-13H,5,14H2,1-4H3,(H,21,22). The third kappa shape index (κ3) is 5.03. The van der Waals surface area contributed by atoms with Gasteiger partial charge >= 0.3 is 0 Å². The summed E-state index contributed by atoms with van der Waals surface area (Å²) in [6.07, 6.45) is 3.08. The van der Waals surface area contributed by atoms with E-state index in [4.69, 9.17) is 4.74 Å². The molecule has 0 heterocycles. The van der Waals surface area contributed by atoms with Crippen LogP contribution in [0.4, 0.5) is 5.69 Å². The van der Waals surface area contributed by atoms with Gasteiger partial charge in [0.25, 0.3) is 5.91 Å². The van der Waals surface area contributed by atoms with Crippen molar-refractivity contribution in [3.8, 4) is 5.75 Å². The molecule has 0 unspecified atom stereocenters. The summed E-state index contributed by atoms with van der Waals surface area (Å²) in [7, 11) is 0. The van der Waals surface area contributed by atoms with Crippen molar-refractivity contribution in [3.63, 3.8) is 0 Å². The van der Waals surface area contributed by atoms with Crippen LogP contribution < -0.4 is 10.1 Å². The Bertz CT molecular complexity index is 680. The first-order chi connectivity index (χ1) is 11.4. The van der Waals surface area contributed by atoms with Crippen molar-refractivity contribution < 1.29 is 9.53 Å². The lowest BCUT2D eigenvalue weighted by Gasteiger charge is -2.23. The maximum Gasteiger partial charge on any atom is 0.262 e. The smallest absolute Gasteiger partial charge is 0.262 e. The van der Waals surface area contributed by atoms with Crippen molar-refractivity contribution in [3.05, 3.63) is 54.1 Å². The molecule has 128 valence electrons. The maximum atomic E-state index is 12.0. The Morgan fingerprint density at radius 3 is 2.50 bits per heavy atom. The van der Waals surface area contributed by atoms with E-state index >= 15 is 0 Å². The van der Waals surface area contributed by atoms with Crippen molar-refractivity contribution in [1.29, 1.82) is 0 Å². The second-order valence-electron chi connectivity index (χ2n) is 6.33. The van der Waals surface area contributed by atoms with Crippen LogP contribution >= 0.6 is 11.8 Å². The molecule has 2 aromatic rings. The zero-order chi connectivity index (χ0) is 17.6. The maximum absolute atomic E-state index is 12.0. The average molecular weight is 343 g/mol. The van der Waals surface area contributed by atoms with Crippen molar-refractivity contribution in [2.45, 2.75) is 37.5 Å². The number of anilines is 1. The Labute approximate surface area is 148 Å². The van der Waals surface area contributed by atoms with E-state index in [2.05, 4.69) is 38.2 Å². The number of amides is 1. The fourth-order valence-electron chi connectivity index (χ4n) is 2.25. The summed E-state index contributed by atoms with van der Waals surface area (Å²) in [5.41, 5.74) is 2.21. The summed E-state index contributed by atoms with van der Waals surface area (Å²) < 4.78 is 5.58. The zero-order valence-corrected chi connectivity index (χ0v) is 15.6. The highest BCUT2D eigenvalue weighted by atomic mass is 32.2. The average Bonchev–Trinajstić information content (AvgIpc) is 2.60. The highest BCUT2D eigenvalue weighted by Gasteiger charge is 2.17. The lowest BCUT2D eigenvalue weighted by Crippen LogP contribution is -2.20. The number of nitrogens with one attached hydrogen (secondary N) is 1. The Hall–Kier alpha value is -1.94. The van der Waals surface area contributed by atoms with Crippen LogP contribution in [0, 0.1) is 0 Å². The van der Waals surface area contributed by atoms with E-state index in [0.717, 1.165) is 17.0 Å². The van der Waals surface area contributed by atoms with Gasteiger partial charge in [-0.15, -0.1) is 11.8 Å². The second-order valence-corrected chi connectivity index (χ2v) is 7.21. The fourth-order valence-corrected chi connectivity index (χ4v) is 2.71. The van der Waals surface area contributed by atoms with Crippen LogP contribution in [0.5, 0.6) is 5.75 Å². The summed E-state index contributed by atoms with van der Waals surface area (Å²) in [5, 5.41) is 2.85. The minimum absolute atomic E-state index is 0.0000127. The molecular weight excluding hydrogens is 318 g/mol. The van der Waals surface area contributed by atoms with E-state index in [1.165, 1.54) is 5.56 Å². The van der Waals surface area contributed by atoms with Crippen molar-refractivity contribution in [2.24, 2.45) is 0 Å². The molecule has 0 saturated heterocycles. The molecule has 1 amide bonds. The van der Waals surface area contributed by atoms with Gasteiger partial charge in [0.1, 0.15) is 5.75 Å². The van der Waals surface area contributed by atoms with Crippen LogP contribution in [0.15, 0.2) is 53.4 Å². The zero-order valence-electron chi connectivity index (χ0n) is 14.8. The number of hydrogen-bond acceptors (Lipinski definition) is 3. The lowest BCUT2D eigenvalue weighted by atomic mass is 9.82. The Morgan fingerprint density at radius 2 is 1.88 bits per heavy atom. The molecule has 0 bridgehead atoms.